The van der Waals surface area contributed by atoms with Crippen LogP contribution < -0.4 is 14.8 Å². The lowest BCUT2D eigenvalue weighted by Crippen LogP contribution is -2.26. The predicted octanol–water partition coefficient (Wildman–Crippen LogP) is 1.81. The molecular formula is C20H18N4O7S2. The number of hydrogen-bond acceptors (Lipinski definition) is 9. The molecule has 3 N–H and O–H groups in total. The number of carboxylic acids is 1. The van der Waals surface area contributed by atoms with Crippen LogP contribution in [0.5, 0.6) is 5.75 Å². The van der Waals surface area contributed by atoms with Crippen molar-refractivity contribution in [2.24, 2.45) is 10.2 Å². The third-order valence-electron chi connectivity index (χ3n) is 4.04. The molecule has 172 valence electrons. The van der Waals surface area contributed by atoms with Gasteiger partial charge in [-0.15, -0.1) is 5.10 Å². The van der Waals surface area contributed by atoms with Crippen LogP contribution in [-0.4, -0.2) is 47.9 Å². The molecule has 1 aliphatic heterocycles. The maximum absolute atomic E-state index is 12.4. The Labute approximate surface area is 193 Å². The average Bonchev–Trinajstić information content (AvgIpc) is 3.07. The number of hydrogen-bond donors (Lipinski definition) is 3. The number of carboxylic acid groups (broad SMARTS) is 1. The molecular weight excluding hydrogens is 472 g/mol. The second kappa shape index (κ2) is 10.3. The number of nitrogens with one attached hydrogen (secondary N) is 2. The molecule has 0 radical (unpaired) electrons. The zero-order chi connectivity index (χ0) is 24.0. The maximum atomic E-state index is 12.4. The van der Waals surface area contributed by atoms with E-state index in [1.165, 1.54) is 49.5 Å². The van der Waals surface area contributed by atoms with E-state index in [1.54, 1.807) is 12.1 Å². The van der Waals surface area contributed by atoms with E-state index in [-0.39, 0.29) is 28.1 Å². The molecule has 33 heavy (non-hydrogen) atoms. The Bertz CT molecular complexity index is 1220. The topological polar surface area (TPSA) is 164 Å². The number of aliphatic carboxylic acids is 1. The number of carbonyl (C=O) groups excluding carboxylic acids is 2. The van der Waals surface area contributed by atoms with Crippen LogP contribution >= 0.6 is 11.8 Å². The van der Waals surface area contributed by atoms with Crippen LogP contribution in [0.1, 0.15) is 18.9 Å². The minimum atomic E-state index is -4.07. The van der Waals surface area contributed by atoms with Gasteiger partial charge in [-0.05, 0) is 54.1 Å². The summed E-state index contributed by atoms with van der Waals surface area (Å²) in [5.74, 6) is -1.71. The van der Waals surface area contributed by atoms with Gasteiger partial charge in [0.1, 0.15) is 15.9 Å². The largest absolute Gasteiger partial charge is 0.481 e. The third-order valence-corrected chi connectivity index (χ3v) is 6.37. The SMILES string of the molecule is CC(=O)Nc1ccc(S(=O)(=O)Oc2ccc(/C=N/N=C3/NC(=O)C(CC(=O)O)S3)cc2)cc1. The summed E-state index contributed by atoms with van der Waals surface area (Å²) in [5.41, 5.74) is 1.04. The van der Waals surface area contributed by atoms with E-state index in [2.05, 4.69) is 20.8 Å². The highest BCUT2D eigenvalue weighted by molar-refractivity contribution is 8.15. The fraction of sp³-hybridized carbons (Fsp3) is 0.150. The smallest absolute Gasteiger partial charge is 0.339 e. The van der Waals surface area contributed by atoms with Crippen molar-refractivity contribution < 1.29 is 32.1 Å². The van der Waals surface area contributed by atoms with Gasteiger partial charge in [0.2, 0.25) is 11.8 Å². The van der Waals surface area contributed by atoms with Crippen LogP contribution in [0, 0.1) is 0 Å². The van der Waals surface area contributed by atoms with Crippen molar-refractivity contribution in [3.05, 3.63) is 54.1 Å². The molecule has 2 aromatic rings. The Kier molecular flexibility index (Phi) is 7.45. The summed E-state index contributed by atoms with van der Waals surface area (Å²) < 4.78 is 30.0. The molecule has 0 aliphatic carbocycles. The van der Waals surface area contributed by atoms with E-state index in [0.29, 0.717) is 11.3 Å². The van der Waals surface area contributed by atoms with Crippen molar-refractivity contribution in [2.75, 3.05) is 5.32 Å². The van der Waals surface area contributed by atoms with Gasteiger partial charge in [-0.1, -0.05) is 11.8 Å². The summed E-state index contributed by atoms with van der Waals surface area (Å²) in [5, 5.41) is 20.9. The Morgan fingerprint density at radius 3 is 2.45 bits per heavy atom. The summed E-state index contributed by atoms with van der Waals surface area (Å²) in [4.78, 5) is 33.4. The fourth-order valence-corrected chi connectivity index (χ4v) is 4.43. The number of benzene rings is 2. The monoisotopic (exact) mass is 490 g/mol. The zero-order valence-electron chi connectivity index (χ0n) is 17.1. The van der Waals surface area contributed by atoms with Gasteiger partial charge >= 0.3 is 16.1 Å². The number of amidine groups is 1. The molecule has 0 spiro atoms. The van der Waals surface area contributed by atoms with E-state index >= 15 is 0 Å². The van der Waals surface area contributed by atoms with Crippen molar-refractivity contribution in [3.8, 4) is 5.75 Å². The maximum Gasteiger partial charge on any atom is 0.339 e. The first-order chi connectivity index (χ1) is 15.6. The van der Waals surface area contributed by atoms with Gasteiger partial charge in [0.15, 0.2) is 5.17 Å². The first-order valence-corrected chi connectivity index (χ1v) is 11.6. The Morgan fingerprint density at radius 1 is 1.18 bits per heavy atom. The van der Waals surface area contributed by atoms with Crippen LogP contribution in [0.15, 0.2) is 63.6 Å². The number of amides is 2. The fourth-order valence-electron chi connectivity index (χ4n) is 2.59. The van der Waals surface area contributed by atoms with Crippen molar-refractivity contribution in [1.82, 2.24) is 5.32 Å². The molecule has 11 nitrogen and oxygen atoms in total. The van der Waals surface area contributed by atoms with Crippen molar-refractivity contribution in [1.29, 1.82) is 0 Å². The third kappa shape index (κ3) is 6.89. The van der Waals surface area contributed by atoms with Gasteiger partial charge in [-0.25, -0.2) is 0 Å². The summed E-state index contributed by atoms with van der Waals surface area (Å²) in [6.07, 6.45) is 1.06. The van der Waals surface area contributed by atoms with Crippen molar-refractivity contribution in [3.63, 3.8) is 0 Å². The summed E-state index contributed by atoms with van der Waals surface area (Å²) in [7, 11) is -4.07. The molecule has 0 saturated carbocycles. The Balaban J connectivity index is 1.60. The summed E-state index contributed by atoms with van der Waals surface area (Å²) in [6.45, 7) is 1.35. The molecule has 1 unspecified atom stereocenters. The number of thioether (sulfide) groups is 1. The highest BCUT2D eigenvalue weighted by Gasteiger charge is 2.32. The summed E-state index contributed by atoms with van der Waals surface area (Å²) in [6, 6.07) is 11.5. The standard InChI is InChI=1S/C20H18N4O7S2/c1-12(25)22-14-4-8-16(9-5-14)33(29,30)31-15-6-2-13(3-7-15)11-21-24-20-23-19(28)17(32-20)10-18(26)27/h2-9,11,17H,10H2,1H3,(H,22,25)(H,26,27)(H,23,24,28)/b21-11+. The van der Waals surface area contributed by atoms with E-state index in [9.17, 15) is 22.8 Å². The van der Waals surface area contributed by atoms with E-state index in [1.807, 2.05) is 0 Å². The van der Waals surface area contributed by atoms with Crippen LogP contribution in [0.25, 0.3) is 0 Å². The highest BCUT2D eigenvalue weighted by atomic mass is 32.2. The molecule has 13 heteroatoms. The molecule has 1 atom stereocenters. The van der Waals surface area contributed by atoms with E-state index in [0.717, 1.165) is 11.8 Å². The number of nitrogens with zero attached hydrogens (tertiary/aromatic N) is 2. The Hall–Kier alpha value is -3.71. The van der Waals surface area contributed by atoms with Gasteiger partial charge in [0, 0.05) is 12.6 Å². The predicted molar refractivity (Wildman–Crippen MR) is 122 cm³/mol. The summed E-state index contributed by atoms with van der Waals surface area (Å²) >= 11 is 0.980. The lowest BCUT2D eigenvalue weighted by atomic mass is 10.2. The molecule has 0 aromatic heterocycles. The van der Waals surface area contributed by atoms with Crippen LogP contribution in [0.3, 0.4) is 0 Å². The normalized spacial score (nSPS) is 17.2. The number of carbonyl (C=O) groups is 3. The van der Waals surface area contributed by atoms with Crippen LogP contribution in [-0.2, 0) is 24.5 Å². The molecule has 1 heterocycles. The lowest BCUT2D eigenvalue weighted by Gasteiger charge is -2.08. The second-order valence-corrected chi connectivity index (χ2v) is 9.39. The molecule has 1 aliphatic rings. The number of anilines is 1. The average molecular weight is 491 g/mol. The number of rotatable bonds is 8. The molecule has 1 saturated heterocycles. The first kappa shape index (κ1) is 23.9. The van der Waals surface area contributed by atoms with E-state index < -0.39 is 27.2 Å². The zero-order valence-corrected chi connectivity index (χ0v) is 18.7. The Morgan fingerprint density at radius 2 is 1.85 bits per heavy atom. The van der Waals surface area contributed by atoms with Crippen LogP contribution in [0.4, 0.5) is 5.69 Å². The highest BCUT2D eigenvalue weighted by Crippen LogP contribution is 2.23. The second-order valence-electron chi connectivity index (χ2n) is 6.66. The molecule has 2 amide bonds. The quantitative estimate of drug-likeness (QED) is 0.286. The molecule has 0 bridgehead atoms. The minimum Gasteiger partial charge on any atom is -0.481 e. The van der Waals surface area contributed by atoms with Gasteiger partial charge in [0.25, 0.3) is 0 Å². The lowest BCUT2D eigenvalue weighted by molar-refractivity contribution is -0.138. The van der Waals surface area contributed by atoms with E-state index in [4.69, 9.17) is 9.29 Å². The van der Waals surface area contributed by atoms with Gasteiger partial charge in [-0.2, -0.15) is 13.5 Å². The van der Waals surface area contributed by atoms with Crippen molar-refractivity contribution in [2.45, 2.75) is 23.5 Å². The van der Waals surface area contributed by atoms with Gasteiger partial charge in [-0.3, -0.25) is 14.4 Å². The molecule has 2 aromatic carbocycles. The van der Waals surface area contributed by atoms with Crippen molar-refractivity contribution >= 4 is 56.7 Å². The minimum absolute atomic E-state index is 0.0737. The molecule has 1 fully saturated rings. The molecule has 3 rings (SSSR count). The first-order valence-electron chi connectivity index (χ1n) is 9.35. The van der Waals surface area contributed by atoms with Gasteiger partial charge < -0.3 is 19.9 Å². The van der Waals surface area contributed by atoms with Crippen LogP contribution in [0.2, 0.25) is 0 Å². The van der Waals surface area contributed by atoms with Gasteiger partial charge in [0.05, 0.1) is 12.6 Å².